The molecular weight excluding hydrogens is 358 g/mol. The van der Waals surface area contributed by atoms with Gasteiger partial charge in [0.25, 0.3) is 5.91 Å². The van der Waals surface area contributed by atoms with Gasteiger partial charge < -0.3 is 19.5 Å². The number of nitro groups is 1. The van der Waals surface area contributed by atoms with Crippen LogP contribution in [0, 0.1) is 10.1 Å². The van der Waals surface area contributed by atoms with Gasteiger partial charge in [-0.05, 0) is 18.2 Å². The van der Waals surface area contributed by atoms with Crippen molar-refractivity contribution in [3.05, 3.63) is 52.6 Å². The topological polar surface area (TPSA) is 129 Å². The van der Waals surface area contributed by atoms with E-state index in [2.05, 4.69) is 10.6 Å². The lowest BCUT2D eigenvalue weighted by Crippen LogP contribution is -2.37. The van der Waals surface area contributed by atoms with Crippen LogP contribution in [0.2, 0.25) is 0 Å². The zero-order valence-corrected chi connectivity index (χ0v) is 14.0. The van der Waals surface area contributed by atoms with Crippen molar-refractivity contribution >= 4 is 23.3 Å². The molecule has 3 amide bonds. The maximum atomic E-state index is 11.9. The van der Waals surface area contributed by atoms with E-state index < -0.39 is 23.5 Å². The van der Waals surface area contributed by atoms with Gasteiger partial charge in [-0.25, -0.2) is 4.79 Å². The van der Waals surface area contributed by atoms with E-state index in [1.807, 2.05) is 0 Å². The van der Waals surface area contributed by atoms with Crippen molar-refractivity contribution in [2.75, 3.05) is 25.1 Å². The lowest BCUT2D eigenvalue weighted by Gasteiger charge is -2.19. The number of imide groups is 1. The lowest BCUT2D eigenvalue weighted by molar-refractivity contribution is -0.385. The van der Waals surface area contributed by atoms with E-state index in [-0.39, 0.29) is 11.4 Å². The van der Waals surface area contributed by atoms with Gasteiger partial charge in [0.05, 0.1) is 4.92 Å². The van der Waals surface area contributed by atoms with Crippen molar-refractivity contribution in [3.63, 3.8) is 0 Å². The number of fused-ring (bicyclic) bond motifs is 1. The smallest absolute Gasteiger partial charge is 0.325 e. The zero-order valence-electron chi connectivity index (χ0n) is 14.0. The third kappa shape index (κ3) is 4.63. The van der Waals surface area contributed by atoms with Gasteiger partial charge in [0.2, 0.25) is 0 Å². The molecule has 0 bridgehead atoms. The van der Waals surface area contributed by atoms with Crippen LogP contribution >= 0.6 is 0 Å². The summed E-state index contributed by atoms with van der Waals surface area (Å²) in [5.41, 5.74) is 0.134. The predicted molar refractivity (Wildman–Crippen MR) is 93.2 cm³/mol. The molecule has 1 aliphatic rings. The standard InChI is InChI=1S/C17H15N3O7/c21-16(10-27-13-4-2-1-3-12(13)20(23)24)19-17(22)18-11-5-6-14-15(9-11)26-8-7-25-14/h1-6,9H,7-8,10H2,(H2,18,19,21,22). The van der Waals surface area contributed by atoms with Crippen LogP contribution in [0.1, 0.15) is 0 Å². The zero-order chi connectivity index (χ0) is 19.2. The Morgan fingerprint density at radius 2 is 1.85 bits per heavy atom. The van der Waals surface area contributed by atoms with E-state index in [1.165, 1.54) is 24.3 Å². The average molecular weight is 373 g/mol. The van der Waals surface area contributed by atoms with Crippen molar-refractivity contribution in [3.8, 4) is 17.2 Å². The molecule has 1 heterocycles. The van der Waals surface area contributed by atoms with Crippen LogP contribution in [0.3, 0.4) is 0 Å². The number of nitro benzene ring substituents is 1. The van der Waals surface area contributed by atoms with Gasteiger partial charge in [-0.15, -0.1) is 0 Å². The van der Waals surface area contributed by atoms with Crippen LogP contribution < -0.4 is 24.8 Å². The van der Waals surface area contributed by atoms with E-state index in [4.69, 9.17) is 14.2 Å². The number of anilines is 1. The fourth-order valence-corrected chi connectivity index (χ4v) is 2.32. The highest BCUT2D eigenvalue weighted by Crippen LogP contribution is 2.32. The van der Waals surface area contributed by atoms with Crippen molar-refractivity contribution in [2.24, 2.45) is 0 Å². The Balaban J connectivity index is 1.52. The minimum Gasteiger partial charge on any atom is -0.486 e. The van der Waals surface area contributed by atoms with E-state index >= 15 is 0 Å². The van der Waals surface area contributed by atoms with Crippen molar-refractivity contribution < 1.29 is 28.7 Å². The summed E-state index contributed by atoms with van der Waals surface area (Å²) in [7, 11) is 0. The number of urea groups is 1. The minimum absolute atomic E-state index is 0.0649. The normalized spacial score (nSPS) is 12.0. The number of amides is 3. The maximum absolute atomic E-state index is 11.9. The maximum Gasteiger partial charge on any atom is 0.325 e. The molecule has 0 saturated heterocycles. The molecule has 2 N–H and O–H groups in total. The minimum atomic E-state index is -0.775. The summed E-state index contributed by atoms with van der Waals surface area (Å²) in [6, 6.07) is 9.67. The molecule has 0 unspecified atom stereocenters. The van der Waals surface area contributed by atoms with Crippen LogP contribution in [0.5, 0.6) is 17.2 Å². The first kappa shape index (κ1) is 18.0. The number of nitrogens with one attached hydrogen (secondary N) is 2. The predicted octanol–water partition coefficient (Wildman–Crippen LogP) is 2.09. The number of nitrogens with zero attached hydrogens (tertiary/aromatic N) is 1. The summed E-state index contributed by atoms with van der Waals surface area (Å²) < 4.78 is 15.9. The molecule has 0 saturated carbocycles. The van der Waals surface area contributed by atoms with Gasteiger partial charge in [0.15, 0.2) is 23.9 Å². The Morgan fingerprint density at radius 1 is 1.11 bits per heavy atom. The second-order valence-corrected chi connectivity index (χ2v) is 5.37. The fourth-order valence-electron chi connectivity index (χ4n) is 2.32. The third-order valence-electron chi connectivity index (χ3n) is 3.47. The van der Waals surface area contributed by atoms with Crippen molar-refractivity contribution in [1.29, 1.82) is 0 Å². The second-order valence-electron chi connectivity index (χ2n) is 5.37. The Labute approximate surface area is 153 Å². The monoisotopic (exact) mass is 373 g/mol. The van der Waals surface area contributed by atoms with Crippen LogP contribution in [0.15, 0.2) is 42.5 Å². The van der Waals surface area contributed by atoms with Crippen LogP contribution in [-0.2, 0) is 4.79 Å². The Morgan fingerprint density at radius 3 is 2.63 bits per heavy atom. The van der Waals surface area contributed by atoms with Crippen LogP contribution in [0.25, 0.3) is 0 Å². The van der Waals surface area contributed by atoms with Gasteiger partial charge in [-0.2, -0.15) is 0 Å². The Kier molecular flexibility index (Phi) is 5.36. The number of hydrogen-bond acceptors (Lipinski definition) is 7. The number of carbonyl (C=O) groups excluding carboxylic acids is 2. The molecule has 10 nitrogen and oxygen atoms in total. The summed E-state index contributed by atoms with van der Waals surface area (Å²) in [6.07, 6.45) is 0. The molecule has 2 aromatic carbocycles. The van der Waals surface area contributed by atoms with Crippen molar-refractivity contribution in [2.45, 2.75) is 0 Å². The second kappa shape index (κ2) is 8.04. The molecule has 0 radical (unpaired) electrons. The molecule has 27 heavy (non-hydrogen) atoms. The molecule has 3 rings (SSSR count). The summed E-state index contributed by atoms with van der Waals surface area (Å²) in [4.78, 5) is 34.0. The van der Waals surface area contributed by atoms with Gasteiger partial charge in [0, 0.05) is 17.8 Å². The number of carbonyl (C=O) groups is 2. The van der Waals surface area contributed by atoms with Crippen molar-refractivity contribution in [1.82, 2.24) is 5.32 Å². The highest BCUT2D eigenvalue weighted by molar-refractivity contribution is 6.01. The first-order valence-electron chi connectivity index (χ1n) is 7.89. The Hall–Kier alpha value is -3.82. The average Bonchev–Trinajstić information content (AvgIpc) is 2.66. The fraction of sp³-hybridized carbons (Fsp3) is 0.176. The first-order chi connectivity index (χ1) is 13.0. The molecule has 0 fully saturated rings. The van der Waals surface area contributed by atoms with E-state index in [1.54, 1.807) is 18.2 Å². The molecule has 0 spiro atoms. The SMILES string of the molecule is O=C(COc1ccccc1[N+](=O)[O-])NC(=O)Nc1ccc2c(c1)OCCO2. The molecule has 0 aromatic heterocycles. The van der Waals surface area contributed by atoms with Crippen LogP contribution in [-0.4, -0.2) is 36.7 Å². The number of ether oxygens (including phenoxy) is 3. The molecule has 0 atom stereocenters. The molecule has 140 valence electrons. The first-order valence-corrected chi connectivity index (χ1v) is 7.89. The largest absolute Gasteiger partial charge is 0.486 e. The quantitative estimate of drug-likeness (QED) is 0.606. The molecular formula is C17H15N3O7. The van der Waals surface area contributed by atoms with Crippen LogP contribution in [0.4, 0.5) is 16.2 Å². The molecule has 10 heteroatoms. The van der Waals surface area contributed by atoms with Gasteiger partial charge in [-0.3, -0.25) is 20.2 Å². The number of rotatable bonds is 5. The highest BCUT2D eigenvalue weighted by Gasteiger charge is 2.17. The van der Waals surface area contributed by atoms with Gasteiger partial charge >= 0.3 is 11.7 Å². The van der Waals surface area contributed by atoms with E-state index in [9.17, 15) is 19.7 Å². The van der Waals surface area contributed by atoms with Gasteiger partial charge in [0.1, 0.15) is 13.2 Å². The number of hydrogen-bond donors (Lipinski definition) is 2. The Bertz CT molecular complexity index is 885. The number of benzene rings is 2. The lowest BCUT2D eigenvalue weighted by atomic mass is 10.2. The van der Waals surface area contributed by atoms with E-state index in [0.29, 0.717) is 30.4 Å². The summed E-state index contributed by atoms with van der Waals surface area (Å²) in [5, 5.41) is 15.4. The summed E-state index contributed by atoms with van der Waals surface area (Å²) in [6.45, 7) is 0.303. The summed E-state index contributed by atoms with van der Waals surface area (Å²) >= 11 is 0. The molecule has 2 aromatic rings. The summed E-state index contributed by atoms with van der Waals surface area (Å²) in [5.74, 6) is 0.235. The highest BCUT2D eigenvalue weighted by atomic mass is 16.6. The molecule has 1 aliphatic heterocycles. The van der Waals surface area contributed by atoms with Gasteiger partial charge in [-0.1, -0.05) is 12.1 Å². The van der Waals surface area contributed by atoms with E-state index in [0.717, 1.165) is 0 Å². The third-order valence-corrected chi connectivity index (χ3v) is 3.47. The molecule has 0 aliphatic carbocycles. The number of para-hydroxylation sites is 2.